The second-order valence-corrected chi connectivity index (χ2v) is 3.49. The Hall–Kier alpha value is -0.150. The lowest BCUT2D eigenvalue weighted by Crippen LogP contribution is -2.37. The molecule has 10 heavy (non-hydrogen) atoms. The van der Waals surface area contributed by atoms with Crippen LogP contribution in [0.1, 0.15) is 13.3 Å². The van der Waals surface area contributed by atoms with Gasteiger partial charge in [0.25, 0.3) is 0 Å². The zero-order valence-electron chi connectivity index (χ0n) is 6.15. The van der Waals surface area contributed by atoms with E-state index in [0.717, 1.165) is 6.54 Å². The van der Waals surface area contributed by atoms with Gasteiger partial charge in [0.2, 0.25) is 0 Å². The normalized spacial score (nSPS) is 53.4. The minimum absolute atomic E-state index is 0.0718. The van der Waals surface area contributed by atoms with E-state index in [1.165, 1.54) is 0 Å². The Bertz CT molecular complexity index is 151. The molecule has 0 aromatic heterocycles. The second-order valence-electron chi connectivity index (χ2n) is 3.49. The van der Waals surface area contributed by atoms with Crippen LogP contribution in [0.3, 0.4) is 0 Å². The fraction of sp³-hybridized carbons (Fsp3) is 1.00. The molecule has 2 aliphatic heterocycles. The van der Waals surface area contributed by atoms with E-state index in [4.69, 9.17) is 0 Å². The van der Waals surface area contributed by atoms with Crippen molar-refractivity contribution in [1.29, 1.82) is 0 Å². The Balaban J connectivity index is 2.15. The Morgan fingerprint density at radius 1 is 1.60 bits per heavy atom. The fourth-order valence-corrected chi connectivity index (χ4v) is 2.06. The lowest BCUT2D eigenvalue weighted by Gasteiger charge is -2.15. The summed E-state index contributed by atoms with van der Waals surface area (Å²) in [6, 6.07) is 0.430. The largest absolute Gasteiger partial charge is 0.312 e. The highest BCUT2D eigenvalue weighted by Gasteiger charge is 2.49. The smallest absolute Gasteiger partial charge is 0.141 e. The number of halogens is 1. The summed E-state index contributed by atoms with van der Waals surface area (Å²) in [5.74, 6) is 0. The van der Waals surface area contributed by atoms with E-state index in [2.05, 4.69) is 10.6 Å². The van der Waals surface area contributed by atoms with Crippen LogP contribution in [0.2, 0.25) is 0 Å². The van der Waals surface area contributed by atoms with E-state index >= 15 is 0 Å². The van der Waals surface area contributed by atoms with Gasteiger partial charge in [0, 0.05) is 19.1 Å². The van der Waals surface area contributed by atoms with Gasteiger partial charge in [-0.05, 0) is 13.3 Å². The van der Waals surface area contributed by atoms with E-state index in [1.807, 2.05) is 6.92 Å². The maximum Gasteiger partial charge on any atom is 0.141 e. The summed E-state index contributed by atoms with van der Waals surface area (Å²) in [6.07, 6.45) is 0.671. The highest BCUT2D eigenvalue weighted by Crippen LogP contribution is 2.31. The van der Waals surface area contributed by atoms with E-state index < -0.39 is 5.67 Å². The Morgan fingerprint density at radius 3 is 3.10 bits per heavy atom. The third-order valence-electron chi connectivity index (χ3n) is 2.52. The number of fused-ring (bicyclic) bond motifs is 1. The first kappa shape index (κ1) is 6.55. The van der Waals surface area contributed by atoms with Crippen molar-refractivity contribution in [2.45, 2.75) is 31.1 Å². The first-order valence-electron chi connectivity index (χ1n) is 3.86. The molecule has 3 heteroatoms. The zero-order valence-corrected chi connectivity index (χ0v) is 6.15. The van der Waals surface area contributed by atoms with Crippen molar-refractivity contribution in [2.24, 2.45) is 0 Å². The van der Waals surface area contributed by atoms with Crippen LogP contribution >= 0.6 is 0 Å². The number of hydrogen-bond donors (Lipinski definition) is 2. The van der Waals surface area contributed by atoms with Gasteiger partial charge < -0.3 is 10.6 Å². The minimum atomic E-state index is -0.945. The molecule has 0 saturated carbocycles. The molecule has 3 atom stereocenters. The highest BCUT2D eigenvalue weighted by molar-refractivity contribution is 5.08. The van der Waals surface area contributed by atoms with E-state index in [-0.39, 0.29) is 6.04 Å². The van der Waals surface area contributed by atoms with Crippen molar-refractivity contribution in [3.05, 3.63) is 0 Å². The predicted molar refractivity (Wildman–Crippen MR) is 37.7 cm³/mol. The number of hydrogen-bond acceptors (Lipinski definition) is 2. The van der Waals surface area contributed by atoms with Crippen LogP contribution in [0.25, 0.3) is 0 Å². The van der Waals surface area contributed by atoms with Crippen molar-refractivity contribution in [3.8, 4) is 0 Å². The summed E-state index contributed by atoms with van der Waals surface area (Å²) in [7, 11) is 0. The number of alkyl halides is 1. The van der Waals surface area contributed by atoms with Gasteiger partial charge in [0.05, 0.1) is 6.04 Å². The molecular formula is C7H13FN2. The van der Waals surface area contributed by atoms with E-state index in [0.29, 0.717) is 19.0 Å². The maximum atomic E-state index is 13.6. The predicted octanol–water partition coefficient (Wildman–Crippen LogP) is 0.0483. The number of rotatable bonds is 0. The van der Waals surface area contributed by atoms with Crippen LogP contribution in [0.5, 0.6) is 0 Å². The average molecular weight is 144 g/mol. The van der Waals surface area contributed by atoms with Gasteiger partial charge in [-0.2, -0.15) is 0 Å². The molecule has 2 aliphatic rings. The molecule has 58 valence electrons. The van der Waals surface area contributed by atoms with Gasteiger partial charge in [-0.3, -0.25) is 0 Å². The summed E-state index contributed by atoms with van der Waals surface area (Å²) in [6.45, 7) is 3.37. The van der Waals surface area contributed by atoms with Crippen molar-refractivity contribution in [1.82, 2.24) is 10.6 Å². The van der Waals surface area contributed by atoms with Gasteiger partial charge >= 0.3 is 0 Å². The minimum Gasteiger partial charge on any atom is -0.312 e. The summed E-state index contributed by atoms with van der Waals surface area (Å²) < 4.78 is 13.6. The quantitative estimate of drug-likeness (QED) is 0.502. The lowest BCUT2D eigenvalue weighted by molar-refractivity contribution is 0.185. The first-order chi connectivity index (χ1) is 4.71. The van der Waals surface area contributed by atoms with E-state index in [9.17, 15) is 4.39 Å². The molecule has 2 heterocycles. The SMILES string of the molecule is CC1CC2(F)CNCC2N1. The Morgan fingerprint density at radius 2 is 2.40 bits per heavy atom. The molecule has 0 bridgehead atoms. The molecule has 0 radical (unpaired) electrons. The molecule has 2 rings (SSSR count). The molecule has 0 spiro atoms. The van der Waals surface area contributed by atoms with Gasteiger partial charge in [-0.15, -0.1) is 0 Å². The fourth-order valence-electron chi connectivity index (χ4n) is 2.06. The Labute approximate surface area is 60.2 Å². The lowest BCUT2D eigenvalue weighted by atomic mass is 9.99. The highest BCUT2D eigenvalue weighted by atomic mass is 19.1. The van der Waals surface area contributed by atoms with Crippen molar-refractivity contribution in [2.75, 3.05) is 13.1 Å². The molecule has 2 N–H and O–H groups in total. The molecular weight excluding hydrogens is 131 g/mol. The molecule has 2 saturated heterocycles. The number of nitrogens with one attached hydrogen (secondary N) is 2. The molecule has 3 unspecified atom stereocenters. The molecule has 0 aromatic rings. The monoisotopic (exact) mass is 144 g/mol. The van der Waals surface area contributed by atoms with Gasteiger partial charge in [-0.25, -0.2) is 4.39 Å². The third kappa shape index (κ3) is 0.772. The maximum absolute atomic E-state index is 13.6. The zero-order chi connectivity index (χ0) is 7.19. The Kier molecular flexibility index (Phi) is 1.26. The van der Waals surface area contributed by atoms with Gasteiger partial charge in [-0.1, -0.05) is 0 Å². The molecule has 0 aromatic carbocycles. The van der Waals surface area contributed by atoms with Gasteiger partial charge in [0.15, 0.2) is 0 Å². The summed E-state index contributed by atoms with van der Waals surface area (Å²) >= 11 is 0. The summed E-state index contributed by atoms with van der Waals surface area (Å²) in [4.78, 5) is 0. The van der Waals surface area contributed by atoms with Crippen LogP contribution in [-0.2, 0) is 0 Å². The molecule has 0 aliphatic carbocycles. The van der Waals surface area contributed by atoms with Crippen LogP contribution in [0, 0.1) is 0 Å². The van der Waals surface area contributed by atoms with Crippen molar-refractivity contribution in [3.63, 3.8) is 0 Å². The van der Waals surface area contributed by atoms with Crippen LogP contribution in [-0.4, -0.2) is 30.8 Å². The molecule has 2 nitrogen and oxygen atoms in total. The first-order valence-corrected chi connectivity index (χ1v) is 3.86. The topological polar surface area (TPSA) is 24.1 Å². The van der Waals surface area contributed by atoms with Crippen LogP contribution in [0.15, 0.2) is 0 Å². The van der Waals surface area contributed by atoms with Crippen molar-refractivity contribution < 1.29 is 4.39 Å². The summed E-state index contributed by atoms with van der Waals surface area (Å²) in [5.41, 5.74) is -0.945. The van der Waals surface area contributed by atoms with Crippen LogP contribution in [0.4, 0.5) is 4.39 Å². The molecule has 0 amide bonds. The third-order valence-corrected chi connectivity index (χ3v) is 2.52. The standard InChI is InChI=1S/C7H13FN2/c1-5-2-7(8)4-9-3-6(7)10-5/h5-6,9-10H,2-4H2,1H3. The average Bonchev–Trinajstić information content (AvgIpc) is 2.20. The second kappa shape index (κ2) is 1.92. The van der Waals surface area contributed by atoms with E-state index in [1.54, 1.807) is 0 Å². The summed E-state index contributed by atoms with van der Waals surface area (Å²) in [5, 5.41) is 6.27. The van der Waals surface area contributed by atoms with Crippen molar-refractivity contribution >= 4 is 0 Å². The van der Waals surface area contributed by atoms with Gasteiger partial charge in [0.1, 0.15) is 5.67 Å². The molecule has 2 fully saturated rings. The van der Waals surface area contributed by atoms with Crippen LogP contribution < -0.4 is 10.6 Å².